The zero-order valence-electron chi connectivity index (χ0n) is 16.7. The molecule has 28 heavy (non-hydrogen) atoms. The molecule has 1 saturated heterocycles. The number of nitrogens with one attached hydrogen (secondary N) is 3. The van der Waals surface area contributed by atoms with Crippen molar-refractivity contribution in [3.8, 4) is 5.75 Å². The first-order valence-corrected chi connectivity index (χ1v) is 9.95. The van der Waals surface area contributed by atoms with Crippen molar-refractivity contribution in [1.29, 1.82) is 0 Å². The molecule has 2 aromatic carbocycles. The highest BCUT2D eigenvalue weighted by atomic mass is 19.1. The molecular weight excluding hydrogens is 357 g/mol. The van der Waals surface area contributed by atoms with Gasteiger partial charge in [0.2, 0.25) is 0 Å². The van der Waals surface area contributed by atoms with Crippen molar-refractivity contribution in [2.24, 2.45) is 0 Å². The van der Waals surface area contributed by atoms with Gasteiger partial charge in [-0.1, -0.05) is 19.1 Å². The first-order chi connectivity index (χ1) is 13.6. The number of amides is 1. The number of aryl methyl sites for hydroxylation is 1. The lowest BCUT2D eigenvalue weighted by Crippen LogP contribution is -3.28. The molecule has 0 aromatic heterocycles. The number of ether oxygens (including phenoxy) is 1. The first-order valence-electron chi connectivity index (χ1n) is 9.95. The van der Waals surface area contributed by atoms with E-state index in [2.05, 4.69) is 18.3 Å². The van der Waals surface area contributed by atoms with E-state index in [1.54, 1.807) is 19.2 Å². The monoisotopic (exact) mass is 387 g/mol. The van der Waals surface area contributed by atoms with Gasteiger partial charge in [-0.15, -0.1) is 0 Å². The van der Waals surface area contributed by atoms with E-state index in [9.17, 15) is 9.18 Å². The summed E-state index contributed by atoms with van der Waals surface area (Å²) in [7, 11) is 1.61. The number of benzene rings is 2. The third-order valence-corrected chi connectivity index (χ3v) is 5.38. The summed E-state index contributed by atoms with van der Waals surface area (Å²) in [5.41, 5.74) is 2.98. The summed E-state index contributed by atoms with van der Waals surface area (Å²) < 4.78 is 18.9. The molecule has 0 aliphatic carbocycles. The number of hydrogen-bond acceptors (Lipinski definition) is 2. The standard InChI is InChI=1S/C22H28FN3O2/c1-3-17-5-4-6-20(13-17)24-22(27)16-26-11-9-25(10-12-26)15-18-14-19(23)7-8-21(18)28-2/h4-8,13-14H,3,9-12,15-16H2,1-2H3,(H,24,27)/p+2. The van der Waals surface area contributed by atoms with Crippen LogP contribution in [0.2, 0.25) is 0 Å². The summed E-state index contributed by atoms with van der Waals surface area (Å²) >= 11 is 0. The van der Waals surface area contributed by atoms with Gasteiger partial charge >= 0.3 is 0 Å². The van der Waals surface area contributed by atoms with Crippen LogP contribution in [0.5, 0.6) is 5.75 Å². The number of anilines is 1. The molecule has 1 aliphatic rings. The number of hydrogen-bond donors (Lipinski definition) is 3. The van der Waals surface area contributed by atoms with Crippen LogP contribution in [0.3, 0.4) is 0 Å². The van der Waals surface area contributed by atoms with Crippen molar-refractivity contribution in [2.45, 2.75) is 19.9 Å². The molecule has 1 aliphatic heterocycles. The minimum Gasteiger partial charge on any atom is -0.496 e. The van der Waals surface area contributed by atoms with E-state index in [1.807, 2.05) is 18.2 Å². The molecule has 6 heteroatoms. The summed E-state index contributed by atoms with van der Waals surface area (Å²) in [6, 6.07) is 12.7. The Hall–Kier alpha value is -2.44. The topological polar surface area (TPSA) is 47.2 Å². The summed E-state index contributed by atoms with van der Waals surface area (Å²) in [6.45, 7) is 7.08. The van der Waals surface area contributed by atoms with Gasteiger partial charge in [-0.3, -0.25) is 4.79 Å². The van der Waals surface area contributed by atoms with E-state index in [0.29, 0.717) is 6.54 Å². The Morgan fingerprint density at radius 1 is 1.11 bits per heavy atom. The van der Waals surface area contributed by atoms with Crippen molar-refractivity contribution in [2.75, 3.05) is 45.2 Å². The maximum absolute atomic E-state index is 13.6. The average Bonchev–Trinajstić information content (AvgIpc) is 2.70. The molecule has 0 radical (unpaired) electrons. The quantitative estimate of drug-likeness (QED) is 0.641. The van der Waals surface area contributed by atoms with Crippen LogP contribution in [0.1, 0.15) is 18.1 Å². The number of carbonyl (C=O) groups is 1. The van der Waals surface area contributed by atoms with E-state index in [-0.39, 0.29) is 11.7 Å². The average molecular weight is 387 g/mol. The lowest BCUT2D eigenvalue weighted by Gasteiger charge is -2.29. The predicted octanol–water partition coefficient (Wildman–Crippen LogP) is 0.319. The van der Waals surface area contributed by atoms with Crippen LogP contribution < -0.4 is 19.9 Å². The predicted molar refractivity (Wildman–Crippen MR) is 107 cm³/mol. The highest BCUT2D eigenvalue weighted by Crippen LogP contribution is 2.18. The van der Waals surface area contributed by atoms with Gasteiger partial charge in [0.05, 0.1) is 12.7 Å². The second-order valence-corrected chi connectivity index (χ2v) is 7.41. The smallest absolute Gasteiger partial charge is 0.279 e. The number of quaternary nitrogens is 2. The number of piperazine rings is 1. The largest absolute Gasteiger partial charge is 0.496 e. The molecule has 3 N–H and O–H groups in total. The van der Waals surface area contributed by atoms with Gasteiger partial charge in [0, 0.05) is 5.69 Å². The van der Waals surface area contributed by atoms with Crippen molar-refractivity contribution < 1.29 is 23.7 Å². The molecule has 0 spiro atoms. The zero-order chi connectivity index (χ0) is 19.9. The van der Waals surface area contributed by atoms with E-state index >= 15 is 0 Å². The van der Waals surface area contributed by atoms with Gasteiger partial charge < -0.3 is 19.9 Å². The van der Waals surface area contributed by atoms with Crippen molar-refractivity contribution in [3.63, 3.8) is 0 Å². The van der Waals surface area contributed by atoms with Gasteiger partial charge in [0.25, 0.3) is 5.91 Å². The van der Waals surface area contributed by atoms with Crippen LogP contribution in [0.15, 0.2) is 42.5 Å². The Bertz CT molecular complexity index is 804. The summed E-state index contributed by atoms with van der Waals surface area (Å²) in [4.78, 5) is 15.1. The van der Waals surface area contributed by atoms with Gasteiger partial charge in [0.15, 0.2) is 6.54 Å². The summed E-state index contributed by atoms with van der Waals surface area (Å²) in [5.74, 6) is 0.555. The lowest BCUT2D eigenvalue weighted by molar-refractivity contribution is -1.02. The van der Waals surface area contributed by atoms with E-state index in [0.717, 1.165) is 56.1 Å². The molecule has 0 saturated carbocycles. The van der Waals surface area contributed by atoms with Crippen LogP contribution in [0, 0.1) is 5.82 Å². The molecule has 0 bridgehead atoms. The molecular formula is C22H30FN3O2+2. The molecule has 0 atom stereocenters. The SMILES string of the molecule is CCc1cccc(NC(=O)C[NH+]2CC[NH+](Cc3cc(F)ccc3OC)CC2)c1. The molecule has 0 unspecified atom stereocenters. The molecule has 3 rings (SSSR count). The number of carbonyl (C=O) groups excluding carboxylic acids is 1. The normalized spacial score (nSPS) is 19.2. The summed E-state index contributed by atoms with van der Waals surface area (Å²) in [5, 5.41) is 3.01. The summed E-state index contributed by atoms with van der Waals surface area (Å²) in [6.07, 6.45) is 0.954. The van der Waals surface area contributed by atoms with Crippen molar-refractivity contribution in [3.05, 3.63) is 59.4 Å². The third kappa shape index (κ3) is 5.53. The fourth-order valence-electron chi connectivity index (χ4n) is 3.77. The van der Waals surface area contributed by atoms with Crippen molar-refractivity contribution in [1.82, 2.24) is 0 Å². The van der Waals surface area contributed by atoms with Crippen LogP contribution in [-0.4, -0.2) is 45.7 Å². The molecule has 2 aromatic rings. The van der Waals surface area contributed by atoms with Crippen LogP contribution in [0.4, 0.5) is 10.1 Å². The number of methoxy groups -OCH3 is 1. The second-order valence-electron chi connectivity index (χ2n) is 7.41. The minimum absolute atomic E-state index is 0.0542. The van der Waals surface area contributed by atoms with Crippen LogP contribution in [-0.2, 0) is 17.8 Å². The Kier molecular flexibility index (Phi) is 7.01. The molecule has 1 amide bonds. The Morgan fingerprint density at radius 2 is 1.86 bits per heavy atom. The minimum atomic E-state index is -0.233. The van der Waals surface area contributed by atoms with Gasteiger partial charge in [-0.25, -0.2) is 4.39 Å². The molecule has 5 nitrogen and oxygen atoms in total. The Morgan fingerprint density at radius 3 is 2.57 bits per heavy atom. The second kappa shape index (κ2) is 9.66. The lowest BCUT2D eigenvalue weighted by atomic mass is 10.1. The van der Waals surface area contributed by atoms with Crippen LogP contribution in [0.25, 0.3) is 0 Å². The third-order valence-electron chi connectivity index (χ3n) is 5.38. The first kappa shape index (κ1) is 20.3. The fraction of sp³-hybridized carbons (Fsp3) is 0.409. The van der Waals surface area contributed by atoms with E-state index < -0.39 is 0 Å². The van der Waals surface area contributed by atoms with Gasteiger partial charge in [0.1, 0.15) is 44.3 Å². The molecule has 150 valence electrons. The molecule has 1 heterocycles. The maximum atomic E-state index is 13.6. The maximum Gasteiger partial charge on any atom is 0.279 e. The Balaban J connectivity index is 1.47. The Labute approximate surface area is 166 Å². The zero-order valence-corrected chi connectivity index (χ0v) is 16.7. The van der Waals surface area contributed by atoms with E-state index in [4.69, 9.17) is 4.74 Å². The van der Waals surface area contributed by atoms with Gasteiger partial charge in [-0.05, 0) is 42.3 Å². The van der Waals surface area contributed by atoms with Crippen molar-refractivity contribution >= 4 is 11.6 Å². The highest BCUT2D eigenvalue weighted by Gasteiger charge is 2.25. The number of rotatable bonds is 7. The number of halogens is 1. The van der Waals surface area contributed by atoms with Gasteiger partial charge in [-0.2, -0.15) is 0 Å². The van der Waals surface area contributed by atoms with Crippen LogP contribution >= 0.6 is 0 Å². The van der Waals surface area contributed by atoms with E-state index in [1.165, 1.54) is 21.4 Å². The highest BCUT2D eigenvalue weighted by molar-refractivity contribution is 5.91. The fourth-order valence-corrected chi connectivity index (χ4v) is 3.77. The molecule has 1 fully saturated rings.